The number of aryl methyl sites for hydroxylation is 1. The van der Waals surface area contributed by atoms with Gasteiger partial charge < -0.3 is 14.6 Å². The lowest BCUT2D eigenvalue weighted by Gasteiger charge is -2.35. The lowest BCUT2D eigenvalue weighted by atomic mass is 10.1. The Balaban J connectivity index is 1.38. The molecule has 0 amide bonds. The van der Waals surface area contributed by atoms with Gasteiger partial charge in [-0.25, -0.2) is 4.39 Å². The number of hydrogen-bond acceptors (Lipinski definition) is 5. The largest absolute Gasteiger partial charge is 0.494 e. The number of piperazine rings is 1. The van der Waals surface area contributed by atoms with Gasteiger partial charge in [-0.3, -0.25) is 9.80 Å². The van der Waals surface area contributed by atoms with Crippen molar-refractivity contribution in [1.29, 1.82) is 0 Å². The zero-order valence-electron chi connectivity index (χ0n) is 16.6. The van der Waals surface area contributed by atoms with Crippen molar-refractivity contribution >= 4 is 0 Å². The van der Waals surface area contributed by atoms with Gasteiger partial charge in [0, 0.05) is 39.3 Å². The lowest BCUT2D eigenvalue weighted by molar-refractivity contribution is 0.0446. The maximum atomic E-state index is 13.8. The number of hydrogen-bond donors (Lipinski definition) is 1. The Hall–Kier alpha value is -2.15. The molecule has 1 unspecified atom stereocenters. The van der Waals surface area contributed by atoms with Crippen LogP contribution in [0.2, 0.25) is 0 Å². The molecule has 2 aromatic rings. The third kappa shape index (κ3) is 5.92. The van der Waals surface area contributed by atoms with Gasteiger partial charge in [-0.2, -0.15) is 0 Å². The molecule has 0 radical (unpaired) electrons. The Bertz CT molecular complexity index is 746. The fourth-order valence-electron chi connectivity index (χ4n) is 3.37. The van der Waals surface area contributed by atoms with E-state index in [1.807, 2.05) is 37.3 Å². The summed E-state index contributed by atoms with van der Waals surface area (Å²) in [5.41, 5.74) is 2.13. The maximum Gasteiger partial charge on any atom is 0.165 e. The number of halogens is 1. The highest BCUT2D eigenvalue weighted by Crippen LogP contribution is 2.19. The SMILES string of the molecule is COc1ccc(CN2CCN(CC(O)COc3ccc(C)cc3)CC2)cc1F. The number of rotatable bonds is 8. The van der Waals surface area contributed by atoms with Crippen molar-refractivity contribution in [3.63, 3.8) is 0 Å². The molecule has 1 N–H and O–H groups in total. The highest BCUT2D eigenvalue weighted by Gasteiger charge is 2.20. The molecule has 1 heterocycles. The molecule has 0 aliphatic carbocycles. The van der Waals surface area contributed by atoms with E-state index in [2.05, 4.69) is 9.80 Å². The predicted octanol–water partition coefficient (Wildman–Crippen LogP) is 2.70. The summed E-state index contributed by atoms with van der Waals surface area (Å²) in [6.07, 6.45) is -0.525. The van der Waals surface area contributed by atoms with Crippen LogP contribution in [0.5, 0.6) is 11.5 Å². The van der Waals surface area contributed by atoms with Gasteiger partial charge in [-0.1, -0.05) is 23.8 Å². The van der Waals surface area contributed by atoms with Gasteiger partial charge in [-0.15, -0.1) is 0 Å². The van der Waals surface area contributed by atoms with E-state index in [1.54, 1.807) is 6.07 Å². The summed E-state index contributed by atoms with van der Waals surface area (Å²) < 4.78 is 24.5. The van der Waals surface area contributed by atoms with E-state index >= 15 is 0 Å². The fraction of sp³-hybridized carbons (Fsp3) is 0.455. The number of nitrogens with zero attached hydrogens (tertiary/aromatic N) is 2. The average Bonchev–Trinajstić information content (AvgIpc) is 2.69. The van der Waals surface area contributed by atoms with Gasteiger partial charge in [0.05, 0.1) is 7.11 Å². The number of ether oxygens (including phenoxy) is 2. The molecule has 1 fully saturated rings. The molecular weight excluding hydrogens is 359 g/mol. The van der Waals surface area contributed by atoms with Crippen molar-refractivity contribution in [3.05, 3.63) is 59.4 Å². The van der Waals surface area contributed by atoms with Gasteiger partial charge in [0.1, 0.15) is 18.5 Å². The molecule has 152 valence electrons. The summed E-state index contributed by atoms with van der Waals surface area (Å²) in [7, 11) is 1.47. The third-order valence-electron chi connectivity index (χ3n) is 5.02. The molecule has 1 atom stereocenters. The van der Waals surface area contributed by atoms with Gasteiger partial charge in [0.2, 0.25) is 0 Å². The highest BCUT2D eigenvalue weighted by molar-refractivity contribution is 5.29. The molecular formula is C22H29FN2O3. The average molecular weight is 388 g/mol. The van der Waals surface area contributed by atoms with Gasteiger partial charge in [0.25, 0.3) is 0 Å². The smallest absolute Gasteiger partial charge is 0.165 e. The van der Waals surface area contributed by atoms with Crippen molar-refractivity contribution in [2.45, 2.75) is 19.6 Å². The summed E-state index contributed by atoms with van der Waals surface area (Å²) in [5, 5.41) is 10.3. The second-order valence-electron chi connectivity index (χ2n) is 7.32. The maximum absolute atomic E-state index is 13.8. The first-order valence-corrected chi connectivity index (χ1v) is 9.68. The highest BCUT2D eigenvalue weighted by atomic mass is 19.1. The molecule has 28 heavy (non-hydrogen) atoms. The second kappa shape index (κ2) is 9.87. The third-order valence-corrected chi connectivity index (χ3v) is 5.02. The molecule has 3 rings (SSSR count). The van der Waals surface area contributed by atoms with Crippen molar-refractivity contribution in [2.75, 3.05) is 46.4 Å². The molecule has 5 nitrogen and oxygen atoms in total. The quantitative estimate of drug-likeness (QED) is 0.753. The number of β-amino-alcohol motifs (C(OH)–C–C–N with tert-alkyl or cyclic N) is 1. The van der Waals surface area contributed by atoms with Crippen LogP contribution in [0.3, 0.4) is 0 Å². The first-order valence-electron chi connectivity index (χ1n) is 9.68. The van der Waals surface area contributed by atoms with Crippen molar-refractivity contribution in [3.8, 4) is 11.5 Å². The normalized spacial score (nSPS) is 16.7. The molecule has 0 saturated carbocycles. The predicted molar refractivity (Wildman–Crippen MR) is 107 cm³/mol. The number of benzene rings is 2. The van der Waals surface area contributed by atoms with E-state index in [4.69, 9.17) is 9.47 Å². The van der Waals surface area contributed by atoms with Crippen LogP contribution in [0, 0.1) is 12.7 Å². The fourth-order valence-corrected chi connectivity index (χ4v) is 3.37. The van der Waals surface area contributed by atoms with Crippen molar-refractivity contribution < 1.29 is 19.0 Å². The Morgan fingerprint density at radius 1 is 1.04 bits per heavy atom. The summed E-state index contributed by atoms with van der Waals surface area (Å²) in [5.74, 6) is 0.729. The van der Waals surface area contributed by atoms with Crippen LogP contribution in [-0.2, 0) is 6.54 Å². The van der Waals surface area contributed by atoms with Crippen LogP contribution < -0.4 is 9.47 Å². The zero-order chi connectivity index (χ0) is 19.9. The van der Waals surface area contributed by atoms with Gasteiger partial charge >= 0.3 is 0 Å². The van der Waals surface area contributed by atoms with Crippen LogP contribution in [0.15, 0.2) is 42.5 Å². The molecule has 1 aliphatic rings. The van der Waals surface area contributed by atoms with E-state index < -0.39 is 6.10 Å². The van der Waals surface area contributed by atoms with E-state index in [1.165, 1.54) is 18.7 Å². The van der Waals surface area contributed by atoms with E-state index in [0.717, 1.165) is 37.5 Å². The summed E-state index contributed by atoms with van der Waals surface area (Å²) in [6.45, 7) is 7.15. The second-order valence-corrected chi connectivity index (χ2v) is 7.32. The van der Waals surface area contributed by atoms with Crippen LogP contribution in [0.1, 0.15) is 11.1 Å². The zero-order valence-corrected chi connectivity index (χ0v) is 16.6. The molecule has 0 bridgehead atoms. The van der Waals surface area contributed by atoms with Crippen LogP contribution in [0.25, 0.3) is 0 Å². The standard InChI is InChI=1S/C22H29FN2O3/c1-17-3-6-20(7-4-17)28-16-19(26)15-25-11-9-24(10-12-25)14-18-5-8-22(27-2)21(23)13-18/h3-8,13,19,26H,9-12,14-16H2,1-2H3. The Morgan fingerprint density at radius 2 is 1.71 bits per heavy atom. The molecule has 6 heteroatoms. The topological polar surface area (TPSA) is 45.2 Å². The minimum Gasteiger partial charge on any atom is -0.494 e. The summed E-state index contributed by atoms with van der Waals surface area (Å²) >= 11 is 0. The molecule has 1 aliphatic heterocycles. The lowest BCUT2D eigenvalue weighted by Crippen LogP contribution is -2.48. The van der Waals surface area contributed by atoms with E-state index in [0.29, 0.717) is 13.1 Å². The van der Waals surface area contributed by atoms with Gasteiger partial charge in [0.15, 0.2) is 11.6 Å². The summed E-state index contributed by atoms with van der Waals surface area (Å²) in [6, 6.07) is 12.9. The molecule has 1 saturated heterocycles. The molecule has 0 aromatic heterocycles. The minimum absolute atomic E-state index is 0.274. The summed E-state index contributed by atoms with van der Waals surface area (Å²) in [4.78, 5) is 4.54. The number of aliphatic hydroxyl groups excluding tert-OH is 1. The Morgan fingerprint density at radius 3 is 2.36 bits per heavy atom. The van der Waals surface area contributed by atoms with Crippen molar-refractivity contribution in [1.82, 2.24) is 9.80 Å². The first kappa shape index (κ1) is 20.6. The van der Waals surface area contributed by atoms with Crippen molar-refractivity contribution in [2.24, 2.45) is 0 Å². The van der Waals surface area contributed by atoms with Crippen LogP contribution in [0.4, 0.5) is 4.39 Å². The first-order chi connectivity index (χ1) is 13.5. The molecule has 0 spiro atoms. The number of methoxy groups -OCH3 is 1. The van der Waals surface area contributed by atoms with E-state index in [9.17, 15) is 9.50 Å². The minimum atomic E-state index is -0.525. The van der Waals surface area contributed by atoms with Crippen LogP contribution >= 0.6 is 0 Å². The van der Waals surface area contributed by atoms with Crippen LogP contribution in [-0.4, -0.2) is 67.5 Å². The monoisotopic (exact) mass is 388 g/mol. The van der Waals surface area contributed by atoms with Gasteiger partial charge in [-0.05, 0) is 36.8 Å². The Kier molecular flexibility index (Phi) is 7.25. The number of aliphatic hydroxyl groups is 1. The Labute approximate surface area is 166 Å². The van der Waals surface area contributed by atoms with E-state index in [-0.39, 0.29) is 18.2 Å². The molecule has 2 aromatic carbocycles.